The van der Waals surface area contributed by atoms with E-state index >= 15 is 0 Å². The molecule has 0 saturated carbocycles. The molecule has 0 amide bonds. The van der Waals surface area contributed by atoms with E-state index in [1.807, 2.05) is 12.1 Å². The Bertz CT molecular complexity index is 377. The number of nitrogens with two attached hydrogens (primary N) is 1. The van der Waals surface area contributed by atoms with Gasteiger partial charge in [0.1, 0.15) is 11.5 Å². The second kappa shape index (κ2) is 8.05. The van der Waals surface area contributed by atoms with Crippen molar-refractivity contribution in [3.63, 3.8) is 0 Å². The summed E-state index contributed by atoms with van der Waals surface area (Å²) in [4.78, 5) is 0. The van der Waals surface area contributed by atoms with Gasteiger partial charge < -0.3 is 15.2 Å². The van der Waals surface area contributed by atoms with Crippen molar-refractivity contribution in [3.05, 3.63) is 23.8 Å². The molecule has 0 heterocycles. The lowest BCUT2D eigenvalue weighted by atomic mass is 10.0. The number of ether oxygens (including phenoxy) is 2. The number of benzene rings is 1. The van der Waals surface area contributed by atoms with Crippen LogP contribution in [0.15, 0.2) is 18.2 Å². The van der Waals surface area contributed by atoms with Crippen LogP contribution in [0.1, 0.15) is 39.2 Å². The van der Waals surface area contributed by atoms with Gasteiger partial charge in [-0.15, -0.1) is 0 Å². The first-order valence-electron chi connectivity index (χ1n) is 7.12. The summed E-state index contributed by atoms with van der Waals surface area (Å²) >= 11 is 0. The maximum Gasteiger partial charge on any atom is 0.126 e. The second-order valence-corrected chi connectivity index (χ2v) is 5.38. The van der Waals surface area contributed by atoms with Crippen molar-refractivity contribution in [3.8, 4) is 11.5 Å². The fraction of sp³-hybridized carbons (Fsp3) is 0.625. The Labute approximate surface area is 117 Å². The number of methoxy groups -OCH3 is 1. The van der Waals surface area contributed by atoms with Crippen LogP contribution < -0.4 is 15.2 Å². The van der Waals surface area contributed by atoms with Gasteiger partial charge in [0, 0.05) is 12.1 Å². The Morgan fingerprint density at radius 3 is 2.58 bits per heavy atom. The molecule has 0 aromatic heterocycles. The molecule has 0 bridgehead atoms. The predicted molar refractivity (Wildman–Crippen MR) is 79.9 cm³/mol. The van der Waals surface area contributed by atoms with Crippen LogP contribution >= 0.6 is 0 Å². The van der Waals surface area contributed by atoms with Crippen LogP contribution in [0.4, 0.5) is 0 Å². The van der Waals surface area contributed by atoms with Crippen molar-refractivity contribution < 1.29 is 9.47 Å². The van der Waals surface area contributed by atoms with Crippen LogP contribution in [-0.4, -0.2) is 19.8 Å². The van der Waals surface area contributed by atoms with Crippen molar-refractivity contribution in [1.82, 2.24) is 0 Å². The van der Waals surface area contributed by atoms with E-state index in [0.717, 1.165) is 37.4 Å². The monoisotopic (exact) mass is 265 g/mol. The third-order valence-corrected chi connectivity index (χ3v) is 3.23. The van der Waals surface area contributed by atoms with Crippen LogP contribution in [0.5, 0.6) is 11.5 Å². The maximum absolute atomic E-state index is 6.03. The molecule has 3 heteroatoms. The minimum atomic E-state index is 0.181. The highest BCUT2D eigenvalue weighted by Gasteiger charge is 2.10. The zero-order chi connectivity index (χ0) is 14.3. The first-order valence-corrected chi connectivity index (χ1v) is 7.12. The van der Waals surface area contributed by atoms with E-state index < -0.39 is 0 Å². The minimum Gasteiger partial charge on any atom is -0.497 e. The van der Waals surface area contributed by atoms with Crippen LogP contribution in [-0.2, 0) is 6.42 Å². The van der Waals surface area contributed by atoms with Gasteiger partial charge in [-0.2, -0.15) is 0 Å². The maximum atomic E-state index is 6.03. The number of rotatable bonds is 8. The summed E-state index contributed by atoms with van der Waals surface area (Å²) in [5.41, 5.74) is 7.20. The summed E-state index contributed by atoms with van der Waals surface area (Å²) in [5.74, 6) is 2.38. The Morgan fingerprint density at radius 1 is 1.26 bits per heavy atom. The second-order valence-electron chi connectivity index (χ2n) is 5.38. The SMILES string of the molecule is CCC(N)Cc1ccc(OC)cc1OCCC(C)C. The van der Waals surface area contributed by atoms with Gasteiger partial charge in [0.05, 0.1) is 13.7 Å². The van der Waals surface area contributed by atoms with Gasteiger partial charge in [-0.05, 0) is 36.8 Å². The standard InChI is InChI=1S/C16H27NO2/c1-5-14(17)10-13-6-7-15(18-4)11-16(13)19-9-8-12(2)3/h6-7,11-12,14H,5,8-10,17H2,1-4H3. The molecule has 1 rings (SSSR count). The van der Waals surface area contributed by atoms with Gasteiger partial charge in [-0.25, -0.2) is 0 Å². The number of hydrogen-bond donors (Lipinski definition) is 1. The van der Waals surface area contributed by atoms with E-state index in [-0.39, 0.29) is 6.04 Å². The molecular weight excluding hydrogens is 238 g/mol. The topological polar surface area (TPSA) is 44.5 Å². The Kier molecular flexibility index (Phi) is 6.71. The van der Waals surface area contributed by atoms with E-state index in [2.05, 4.69) is 26.8 Å². The van der Waals surface area contributed by atoms with Crippen molar-refractivity contribution >= 4 is 0 Å². The van der Waals surface area contributed by atoms with Gasteiger partial charge in [-0.1, -0.05) is 26.8 Å². The molecule has 1 aromatic carbocycles. The summed E-state index contributed by atoms with van der Waals surface area (Å²) in [7, 11) is 1.67. The van der Waals surface area contributed by atoms with Crippen molar-refractivity contribution in [2.45, 2.75) is 46.1 Å². The summed E-state index contributed by atoms with van der Waals surface area (Å²) in [5, 5.41) is 0. The summed E-state index contributed by atoms with van der Waals surface area (Å²) < 4.78 is 11.2. The lowest BCUT2D eigenvalue weighted by Crippen LogP contribution is -2.21. The third-order valence-electron chi connectivity index (χ3n) is 3.23. The Balaban J connectivity index is 2.77. The molecular formula is C16H27NO2. The first-order chi connectivity index (χ1) is 9.06. The molecule has 0 aliphatic rings. The average molecular weight is 265 g/mol. The third kappa shape index (κ3) is 5.52. The van der Waals surface area contributed by atoms with Crippen LogP contribution in [0, 0.1) is 5.92 Å². The molecule has 108 valence electrons. The fourth-order valence-electron chi connectivity index (χ4n) is 1.80. The lowest BCUT2D eigenvalue weighted by Gasteiger charge is -2.16. The van der Waals surface area contributed by atoms with Gasteiger partial charge in [0.2, 0.25) is 0 Å². The molecule has 2 N–H and O–H groups in total. The molecule has 0 aliphatic heterocycles. The summed E-state index contributed by atoms with van der Waals surface area (Å²) in [6.45, 7) is 7.23. The van der Waals surface area contributed by atoms with Crippen molar-refractivity contribution in [2.75, 3.05) is 13.7 Å². The zero-order valence-electron chi connectivity index (χ0n) is 12.6. The van der Waals surface area contributed by atoms with Crippen LogP contribution in [0.2, 0.25) is 0 Å². The molecule has 19 heavy (non-hydrogen) atoms. The lowest BCUT2D eigenvalue weighted by molar-refractivity contribution is 0.284. The molecule has 0 saturated heterocycles. The summed E-state index contributed by atoms with van der Waals surface area (Å²) in [6, 6.07) is 6.16. The smallest absolute Gasteiger partial charge is 0.126 e. The van der Waals surface area contributed by atoms with Crippen molar-refractivity contribution in [1.29, 1.82) is 0 Å². The Morgan fingerprint density at radius 2 is 2.00 bits per heavy atom. The van der Waals surface area contributed by atoms with Crippen molar-refractivity contribution in [2.24, 2.45) is 11.7 Å². The molecule has 1 aromatic rings. The van der Waals surface area contributed by atoms with E-state index in [1.165, 1.54) is 5.56 Å². The van der Waals surface area contributed by atoms with E-state index in [9.17, 15) is 0 Å². The quantitative estimate of drug-likeness (QED) is 0.783. The highest BCUT2D eigenvalue weighted by Crippen LogP contribution is 2.26. The molecule has 0 aliphatic carbocycles. The molecule has 1 unspecified atom stereocenters. The van der Waals surface area contributed by atoms with E-state index in [1.54, 1.807) is 7.11 Å². The van der Waals surface area contributed by atoms with E-state index in [4.69, 9.17) is 15.2 Å². The number of hydrogen-bond acceptors (Lipinski definition) is 3. The normalized spacial score (nSPS) is 12.5. The first kappa shape index (κ1) is 15.8. The van der Waals surface area contributed by atoms with Gasteiger partial charge in [0.25, 0.3) is 0 Å². The van der Waals surface area contributed by atoms with E-state index in [0.29, 0.717) is 5.92 Å². The van der Waals surface area contributed by atoms with Crippen LogP contribution in [0.25, 0.3) is 0 Å². The molecule has 0 radical (unpaired) electrons. The van der Waals surface area contributed by atoms with Gasteiger partial charge in [0.15, 0.2) is 0 Å². The van der Waals surface area contributed by atoms with Gasteiger partial charge >= 0.3 is 0 Å². The highest BCUT2D eigenvalue weighted by molar-refractivity contribution is 5.41. The fourth-order valence-corrected chi connectivity index (χ4v) is 1.80. The molecule has 0 fully saturated rings. The predicted octanol–water partition coefficient (Wildman–Crippen LogP) is 3.40. The molecule has 1 atom stereocenters. The largest absolute Gasteiger partial charge is 0.497 e. The average Bonchev–Trinajstić information content (AvgIpc) is 2.39. The minimum absolute atomic E-state index is 0.181. The molecule has 0 spiro atoms. The van der Waals surface area contributed by atoms with Crippen LogP contribution in [0.3, 0.4) is 0 Å². The highest BCUT2D eigenvalue weighted by atomic mass is 16.5. The Hall–Kier alpha value is -1.22. The summed E-state index contributed by atoms with van der Waals surface area (Å²) in [6.07, 6.45) is 2.87. The van der Waals surface area contributed by atoms with Gasteiger partial charge in [-0.3, -0.25) is 0 Å². The molecule has 3 nitrogen and oxygen atoms in total. The zero-order valence-corrected chi connectivity index (χ0v) is 12.6.